The number of carbonyl (C=O) groups is 1. The minimum atomic E-state index is -0.623. The summed E-state index contributed by atoms with van der Waals surface area (Å²) in [4.78, 5) is 18.9. The Morgan fingerprint density at radius 2 is 1.64 bits per heavy atom. The minimum absolute atomic E-state index is 0.0855. The van der Waals surface area contributed by atoms with Gasteiger partial charge in [0.05, 0.1) is 0 Å². The number of nitrogens with two attached hydrogens (primary N) is 1. The minimum Gasteiger partial charge on any atom is -0.365 e. The smallest absolute Gasteiger partial charge is 0.273 e. The van der Waals surface area contributed by atoms with Gasteiger partial charge in [0.1, 0.15) is 0 Å². The Labute approximate surface area is 195 Å². The van der Waals surface area contributed by atoms with Crippen molar-refractivity contribution in [3.63, 3.8) is 0 Å². The Morgan fingerprint density at radius 3 is 2.27 bits per heavy atom. The molecule has 0 spiro atoms. The van der Waals surface area contributed by atoms with Gasteiger partial charge in [0, 0.05) is 17.8 Å². The number of nitrogens with zero attached hydrogens (tertiary/aromatic N) is 4. The topological polar surface area (TPSA) is 109 Å². The molecule has 1 aliphatic heterocycles. The van der Waals surface area contributed by atoms with E-state index in [9.17, 15) is 4.79 Å². The van der Waals surface area contributed by atoms with Crippen molar-refractivity contribution in [2.45, 2.75) is 82.2 Å². The van der Waals surface area contributed by atoms with Gasteiger partial charge in [0.25, 0.3) is 5.91 Å². The number of rotatable bonds is 7. The lowest BCUT2D eigenvalue weighted by Gasteiger charge is -2.39. The zero-order chi connectivity index (χ0) is 22.6. The molecule has 0 bridgehead atoms. The molecule has 2 aromatic rings. The Bertz CT molecular complexity index is 946. The molecule has 0 unspecified atom stereocenters. The fraction of sp³-hybridized carbons (Fsp3) is 0.600. The van der Waals surface area contributed by atoms with Gasteiger partial charge in [0.2, 0.25) is 5.95 Å². The van der Waals surface area contributed by atoms with E-state index in [1.54, 1.807) is 0 Å². The van der Waals surface area contributed by atoms with Crippen LogP contribution in [0.15, 0.2) is 24.3 Å². The summed E-state index contributed by atoms with van der Waals surface area (Å²) < 4.78 is 0. The van der Waals surface area contributed by atoms with Crippen LogP contribution in [0, 0.1) is 0 Å². The molecule has 176 valence electrons. The monoisotopic (exact) mass is 449 g/mol. The van der Waals surface area contributed by atoms with Crippen LogP contribution in [-0.2, 0) is 0 Å². The summed E-state index contributed by atoms with van der Waals surface area (Å²) in [5, 5.41) is 14.5. The first-order valence-corrected chi connectivity index (χ1v) is 12.6. The Hall–Kier alpha value is -2.74. The zero-order valence-corrected chi connectivity index (χ0v) is 19.3. The predicted octanol–water partition coefficient (Wildman–Crippen LogP) is 4.19. The second kappa shape index (κ2) is 10.0. The van der Waals surface area contributed by atoms with Gasteiger partial charge < -0.3 is 21.3 Å². The Morgan fingerprint density at radius 1 is 0.909 bits per heavy atom. The maximum absolute atomic E-state index is 11.7. The highest BCUT2D eigenvalue weighted by Crippen LogP contribution is 2.32. The first-order chi connectivity index (χ1) is 16.2. The van der Waals surface area contributed by atoms with Crippen LogP contribution in [-0.4, -0.2) is 51.2 Å². The molecule has 1 aromatic carbocycles. The molecule has 3 fully saturated rings. The van der Waals surface area contributed by atoms with E-state index in [2.05, 4.69) is 55.0 Å². The maximum atomic E-state index is 11.7. The fourth-order valence-corrected chi connectivity index (χ4v) is 5.40. The van der Waals surface area contributed by atoms with E-state index in [0.717, 1.165) is 24.6 Å². The molecule has 1 amide bonds. The zero-order valence-electron chi connectivity index (χ0n) is 19.3. The highest BCUT2D eigenvalue weighted by atomic mass is 16.1. The summed E-state index contributed by atoms with van der Waals surface area (Å²) in [5.74, 6) is 0.772. The van der Waals surface area contributed by atoms with Crippen molar-refractivity contribution < 1.29 is 4.79 Å². The SMILES string of the molecule is NC(=O)c1nnc(Nc2ccc(C3CCN(C4CCCCC4)CC3)cc2)nc1NC1CCC1. The number of carbonyl (C=O) groups excluding carboxylic acids is 1. The van der Waals surface area contributed by atoms with Gasteiger partial charge in [-0.1, -0.05) is 31.4 Å². The molecule has 8 nitrogen and oxygen atoms in total. The number of piperidine rings is 1. The molecule has 0 atom stereocenters. The van der Waals surface area contributed by atoms with Crippen molar-refractivity contribution in [1.29, 1.82) is 0 Å². The van der Waals surface area contributed by atoms with Crippen LogP contribution >= 0.6 is 0 Å². The van der Waals surface area contributed by atoms with Gasteiger partial charge in [-0.3, -0.25) is 4.79 Å². The second-order valence-corrected chi connectivity index (χ2v) is 9.82. The highest BCUT2D eigenvalue weighted by Gasteiger charge is 2.27. The van der Waals surface area contributed by atoms with E-state index in [4.69, 9.17) is 5.73 Å². The highest BCUT2D eigenvalue weighted by molar-refractivity contribution is 5.95. The van der Waals surface area contributed by atoms with Crippen LogP contribution in [0.5, 0.6) is 0 Å². The lowest BCUT2D eigenvalue weighted by atomic mass is 9.86. The number of hydrogen-bond acceptors (Lipinski definition) is 7. The third-order valence-corrected chi connectivity index (χ3v) is 7.63. The third-order valence-electron chi connectivity index (χ3n) is 7.63. The maximum Gasteiger partial charge on any atom is 0.273 e. The molecule has 4 N–H and O–H groups in total. The molecule has 1 aromatic heterocycles. The summed E-state index contributed by atoms with van der Waals surface area (Å²) >= 11 is 0. The van der Waals surface area contributed by atoms with Crippen LogP contribution in [0.25, 0.3) is 0 Å². The van der Waals surface area contributed by atoms with Gasteiger partial charge in [0.15, 0.2) is 11.5 Å². The lowest BCUT2D eigenvalue weighted by Crippen LogP contribution is -2.41. The first-order valence-electron chi connectivity index (χ1n) is 12.6. The quantitative estimate of drug-likeness (QED) is 0.581. The molecule has 2 aliphatic carbocycles. The van der Waals surface area contributed by atoms with E-state index < -0.39 is 5.91 Å². The van der Waals surface area contributed by atoms with Crippen LogP contribution in [0.4, 0.5) is 17.5 Å². The molecular weight excluding hydrogens is 414 g/mol. The predicted molar refractivity (Wildman–Crippen MR) is 130 cm³/mol. The van der Waals surface area contributed by atoms with Crippen LogP contribution in [0.2, 0.25) is 0 Å². The number of primary amides is 1. The van der Waals surface area contributed by atoms with E-state index >= 15 is 0 Å². The Balaban J connectivity index is 1.19. The molecule has 2 saturated carbocycles. The van der Waals surface area contributed by atoms with Crippen LogP contribution < -0.4 is 16.4 Å². The summed E-state index contributed by atoms with van der Waals surface area (Å²) in [5.41, 5.74) is 7.84. The van der Waals surface area contributed by atoms with Crippen molar-refractivity contribution in [3.8, 4) is 0 Å². The number of hydrogen-bond donors (Lipinski definition) is 3. The van der Waals surface area contributed by atoms with E-state index in [-0.39, 0.29) is 5.69 Å². The summed E-state index contributed by atoms with van der Waals surface area (Å²) in [6, 6.07) is 9.71. The number of anilines is 3. The average molecular weight is 450 g/mol. The van der Waals surface area contributed by atoms with E-state index in [1.165, 1.54) is 70.0 Å². The normalized spacial score (nSPS) is 20.8. The second-order valence-electron chi connectivity index (χ2n) is 9.82. The average Bonchev–Trinajstić information content (AvgIpc) is 2.83. The standard InChI is InChI=1S/C25H35N7O/c26-23(33)22-24(27-19-5-4-6-19)29-25(31-30-22)28-20-11-9-17(10-12-20)18-13-15-32(16-14-18)21-7-2-1-3-8-21/h9-12,18-19,21H,1-8,13-16H2,(H2,26,33)(H2,27,28,29,31). The van der Waals surface area contributed by atoms with E-state index in [1.807, 2.05) is 0 Å². The summed E-state index contributed by atoms with van der Waals surface area (Å²) in [6.45, 7) is 2.44. The largest absolute Gasteiger partial charge is 0.365 e. The van der Waals surface area contributed by atoms with Gasteiger partial charge in [-0.2, -0.15) is 4.98 Å². The van der Waals surface area contributed by atoms with Crippen molar-refractivity contribution in [1.82, 2.24) is 20.1 Å². The number of aromatic nitrogens is 3. The van der Waals surface area contributed by atoms with Crippen molar-refractivity contribution in [2.24, 2.45) is 5.73 Å². The van der Waals surface area contributed by atoms with Crippen molar-refractivity contribution in [3.05, 3.63) is 35.5 Å². The van der Waals surface area contributed by atoms with Gasteiger partial charge in [-0.25, -0.2) is 0 Å². The molecule has 2 heterocycles. The molecule has 33 heavy (non-hydrogen) atoms. The van der Waals surface area contributed by atoms with Crippen molar-refractivity contribution in [2.75, 3.05) is 23.7 Å². The molecule has 8 heteroatoms. The number of nitrogens with one attached hydrogen (secondary N) is 2. The van der Waals surface area contributed by atoms with Gasteiger partial charge >= 0.3 is 0 Å². The van der Waals surface area contributed by atoms with E-state index in [0.29, 0.717) is 23.7 Å². The van der Waals surface area contributed by atoms with Crippen LogP contribution in [0.3, 0.4) is 0 Å². The number of benzene rings is 1. The summed E-state index contributed by atoms with van der Waals surface area (Å²) in [6.07, 6.45) is 12.8. The molecule has 1 saturated heterocycles. The Kier molecular flexibility index (Phi) is 6.71. The molecular formula is C25H35N7O. The lowest BCUT2D eigenvalue weighted by molar-refractivity contribution is 0.0995. The molecule has 3 aliphatic rings. The molecule has 0 radical (unpaired) electrons. The van der Waals surface area contributed by atoms with Crippen molar-refractivity contribution >= 4 is 23.4 Å². The fourth-order valence-electron chi connectivity index (χ4n) is 5.40. The number of likely N-dealkylation sites (tertiary alicyclic amines) is 1. The first kappa shape index (κ1) is 22.1. The third kappa shape index (κ3) is 5.27. The van der Waals surface area contributed by atoms with Gasteiger partial charge in [-0.15, -0.1) is 10.2 Å². The summed E-state index contributed by atoms with van der Waals surface area (Å²) in [7, 11) is 0. The van der Waals surface area contributed by atoms with Gasteiger partial charge in [-0.05, 0) is 81.6 Å². The van der Waals surface area contributed by atoms with Crippen LogP contribution in [0.1, 0.15) is 86.2 Å². The molecule has 5 rings (SSSR count). The number of amides is 1.